The smallest absolute Gasteiger partial charge is 0.231 e. The van der Waals surface area contributed by atoms with Gasteiger partial charge in [0, 0.05) is 0 Å². The molecular formula is C8H6NO2. The average Bonchev–Trinajstić information content (AvgIpc) is 2.50. The van der Waals surface area contributed by atoms with E-state index in [2.05, 4.69) is 0 Å². The van der Waals surface area contributed by atoms with Crippen LogP contribution in [0.4, 0.5) is 0 Å². The van der Waals surface area contributed by atoms with Crippen molar-refractivity contribution in [2.24, 2.45) is 0 Å². The molecule has 1 heterocycles. The molecule has 3 heteroatoms. The molecule has 0 saturated heterocycles. The van der Waals surface area contributed by atoms with Gasteiger partial charge in [0.2, 0.25) is 6.79 Å². The van der Waals surface area contributed by atoms with E-state index in [1.165, 1.54) is 0 Å². The third-order valence-electron chi connectivity index (χ3n) is 1.55. The van der Waals surface area contributed by atoms with Crippen molar-refractivity contribution in [2.75, 3.05) is 6.79 Å². The van der Waals surface area contributed by atoms with Gasteiger partial charge in [-0.1, -0.05) is 0 Å². The monoisotopic (exact) mass is 148 g/mol. The topological polar surface area (TPSA) is 40.8 Å². The number of rotatable bonds is 1. The summed E-state index contributed by atoms with van der Waals surface area (Å²) in [6, 6.07) is 5.25. The van der Waals surface area contributed by atoms with E-state index in [4.69, 9.17) is 14.9 Å². The second kappa shape index (κ2) is 2.27. The molecule has 0 fully saturated rings. The van der Waals surface area contributed by atoms with E-state index in [0.29, 0.717) is 11.3 Å². The summed E-state index contributed by atoms with van der Waals surface area (Å²) in [7, 11) is 0. The van der Waals surface area contributed by atoms with Crippen LogP contribution in [0.1, 0.15) is 5.56 Å². The standard InChI is InChI=1S/C8H6NO2/c9-4-6-1-2-7-8(3-6)11-5-10-7/h1-4H,5H2. The van der Waals surface area contributed by atoms with Crippen LogP contribution >= 0.6 is 0 Å². The minimum absolute atomic E-state index is 0.268. The zero-order chi connectivity index (χ0) is 7.68. The molecule has 0 spiro atoms. The number of fused-ring (bicyclic) bond motifs is 1. The Labute approximate surface area is 64.1 Å². The first kappa shape index (κ1) is 6.22. The summed E-state index contributed by atoms with van der Waals surface area (Å²) in [6.45, 7) is 0.268. The molecule has 1 radical (unpaired) electrons. The van der Waals surface area contributed by atoms with Gasteiger partial charge in [-0.3, -0.25) is 0 Å². The largest absolute Gasteiger partial charge is 0.454 e. The Hall–Kier alpha value is -1.51. The van der Waals surface area contributed by atoms with Crippen molar-refractivity contribution in [2.45, 2.75) is 0 Å². The van der Waals surface area contributed by atoms with Gasteiger partial charge in [-0.05, 0) is 23.8 Å². The molecule has 3 nitrogen and oxygen atoms in total. The molecule has 0 saturated carbocycles. The molecule has 0 unspecified atom stereocenters. The number of hydrogen-bond acceptors (Lipinski definition) is 2. The van der Waals surface area contributed by atoms with Crippen LogP contribution in [0, 0.1) is 0 Å². The lowest BCUT2D eigenvalue weighted by molar-refractivity contribution is 0.174. The van der Waals surface area contributed by atoms with E-state index in [1.807, 2.05) is 0 Å². The minimum atomic E-state index is 0.268. The van der Waals surface area contributed by atoms with Gasteiger partial charge in [-0.2, -0.15) is 5.41 Å². The summed E-state index contributed by atoms with van der Waals surface area (Å²) in [5.74, 6) is 1.42. The van der Waals surface area contributed by atoms with Crippen molar-refractivity contribution < 1.29 is 9.47 Å². The third kappa shape index (κ3) is 0.941. The molecule has 0 aliphatic carbocycles. The van der Waals surface area contributed by atoms with Crippen molar-refractivity contribution in [3.8, 4) is 11.5 Å². The van der Waals surface area contributed by atoms with Gasteiger partial charge in [0.1, 0.15) is 0 Å². The van der Waals surface area contributed by atoms with E-state index in [-0.39, 0.29) is 6.79 Å². The number of ether oxygens (including phenoxy) is 2. The second-order valence-electron chi connectivity index (χ2n) is 2.24. The van der Waals surface area contributed by atoms with E-state index < -0.39 is 0 Å². The first-order chi connectivity index (χ1) is 5.40. The summed E-state index contributed by atoms with van der Waals surface area (Å²) in [5, 5.41) is 8.65. The maximum atomic E-state index is 8.65. The Morgan fingerprint density at radius 3 is 2.91 bits per heavy atom. The molecule has 1 aliphatic heterocycles. The van der Waals surface area contributed by atoms with Crippen LogP contribution in [-0.2, 0) is 0 Å². The van der Waals surface area contributed by atoms with E-state index in [9.17, 15) is 0 Å². The van der Waals surface area contributed by atoms with Crippen LogP contribution < -0.4 is 14.9 Å². The van der Waals surface area contributed by atoms with Crippen molar-refractivity contribution in [1.29, 1.82) is 0 Å². The predicted molar refractivity (Wildman–Crippen MR) is 39.9 cm³/mol. The fraction of sp³-hybridized carbons (Fsp3) is 0.125. The van der Waals surface area contributed by atoms with Crippen LogP contribution in [0.15, 0.2) is 18.2 Å². The second-order valence-corrected chi connectivity index (χ2v) is 2.24. The Balaban J connectivity index is 2.48. The van der Waals surface area contributed by atoms with Gasteiger partial charge >= 0.3 is 0 Å². The molecule has 1 aromatic carbocycles. The normalized spacial score (nSPS) is 13.1. The van der Waals surface area contributed by atoms with Crippen molar-refractivity contribution in [3.05, 3.63) is 23.8 Å². The van der Waals surface area contributed by atoms with E-state index >= 15 is 0 Å². The fourth-order valence-electron chi connectivity index (χ4n) is 0.993. The van der Waals surface area contributed by atoms with E-state index in [0.717, 1.165) is 12.0 Å². The third-order valence-corrected chi connectivity index (χ3v) is 1.55. The quantitative estimate of drug-likeness (QED) is 0.548. The molecule has 1 aliphatic rings. The predicted octanol–water partition coefficient (Wildman–Crippen LogP) is 0.634. The molecule has 0 aromatic heterocycles. The Morgan fingerprint density at radius 2 is 2.09 bits per heavy atom. The van der Waals surface area contributed by atoms with Gasteiger partial charge in [-0.15, -0.1) is 0 Å². The van der Waals surface area contributed by atoms with Crippen molar-refractivity contribution >= 4 is 6.21 Å². The highest BCUT2D eigenvalue weighted by atomic mass is 16.7. The van der Waals surface area contributed by atoms with Crippen LogP contribution in [0.5, 0.6) is 11.5 Å². The Morgan fingerprint density at radius 1 is 1.27 bits per heavy atom. The SMILES string of the molecule is [N]=Cc1ccc2c(c1)OCO2. The van der Waals surface area contributed by atoms with Crippen LogP contribution in [-0.4, -0.2) is 13.0 Å². The Kier molecular flexibility index (Phi) is 1.28. The van der Waals surface area contributed by atoms with E-state index in [1.54, 1.807) is 18.2 Å². The van der Waals surface area contributed by atoms with Crippen molar-refractivity contribution in [1.82, 2.24) is 5.41 Å². The van der Waals surface area contributed by atoms with Gasteiger partial charge in [0.25, 0.3) is 0 Å². The highest BCUT2D eigenvalue weighted by Gasteiger charge is 2.11. The summed E-state index contributed by atoms with van der Waals surface area (Å²) in [5.41, 5.74) is 0.717. The van der Waals surface area contributed by atoms with Gasteiger partial charge in [0.15, 0.2) is 11.5 Å². The van der Waals surface area contributed by atoms with Crippen LogP contribution in [0.3, 0.4) is 0 Å². The summed E-state index contributed by atoms with van der Waals surface area (Å²) < 4.78 is 10.2. The average molecular weight is 148 g/mol. The first-order valence-electron chi connectivity index (χ1n) is 3.27. The lowest BCUT2D eigenvalue weighted by Crippen LogP contribution is -1.92. The lowest BCUT2D eigenvalue weighted by Gasteiger charge is -1.94. The molecule has 0 N–H and O–H groups in total. The highest BCUT2D eigenvalue weighted by Crippen LogP contribution is 2.31. The van der Waals surface area contributed by atoms with Crippen LogP contribution in [0.2, 0.25) is 0 Å². The molecule has 1 aromatic rings. The van der Waals surface area contributed by atoms with Gasteiger partial charge < -0.3 is 9.47 Å². The zero-order valence-electron chi connectivity index (χ0n) is 5.78. The maximum absolute atomic E-state index is 8.65. The van der Waals surface area contributed by atoms with Crippen molar-refractivity contribution in [3.63, 3.8) is 0 Å². The Bertz CT molecular complexity index is 296. The highest BCUT2D eigenvalue weighted by molar-refractivity contribution is 5.79. The summed E-state index contributed by atoms with van der Waals surface area (Å²) in [6.07, 6.45) is 1.03. The number of benzene rings is 1. The molecule has 11 heavy (non-hydrogen) atoms. The molecule has 2 rings (SSSR count). The summed E-state index contributed by atoms with van der Waals surface area (Å²) >= 11 is 0. The number of hydrogen-bond donors (Lipinski definition) is 0. The van der Waals surface area contributed by atoms with Gasteiger partial charge in [0.05, 0.1) is 6.21 Å². The number of nitrogens with zero attached hydrogens (tertiary/aromatic N) is 1. The maximum Gasteiger partial charge on any atom is 0.231 e. The molecule has 0 amide bonds. The zero-order valence-corrected chi connectivity index (χ0v) is 5.78. The molecule has 0 bridgehead atoms. The van der Waals surface area contributed by atoms with Gasteiger partial charge in [-0.25, -0.2) is 0 Å². The molecule has 55 valence electrons. The molecular weight excluding hydrogens is 142 g/mol. The fourth-order valence-corrected chi connectivity index (χ4v) is 0.993. The first-order valence-corrected chi connectivity index (χ1v) is 3.27. The minimum Gasteiger partial charge on any atom is -0.454 e. The summed E-state index contributed by atoms with van der Waals surface area (Å²) in [4.78, 5) is 0. The van der Waals surface area contributed by atoms with Crippen LogP contribution in [0.25, 0.3) is 0 Å². The molecule has 0 atom stereocenters. The lowest BCUT2D eigenvalue weighted by atomic mass is 10.2.